The average Bonchev–Trinajstić information content (AvgIpc) is 3.00. The van der Waals surface area contributed by atoms with Crippen molar-refractivity contribution < 1.29 is 18.0 Å². The van der Waals surface area contributed by atoms with Gasteiger partial charge in [0.25, 0.3) is 5.91 Å². The summed E-state index contributed by atoms with van der Waals surface area (Å²) in [4.78, 5) is 14.9. The number of alkyl halides is 3. The molecule has 1 amide bonds. The van der Waals surface area contributed by atoms with Gasteiger partial charge in [-0.1, -0.05) is 0 Å². The third-order valence-electron chi connectivity index (χ3n) is 4.28. The van der Waals surface area contributed by atoms with Crippen molar-refractivity contribution in [2.24, 2.45) is 0 Å². The van der Waals surface area contributed by atoms with Crippen LogP contribution in [0.4, 0.5) is 24.5 Å². The number of rotatable bonds is 4. The van der Waals surface area contributed by atoms with Crippen LogP contribution in [0.25, 0.3) is 0 Å². The molecule has 2 aromatic carbocycles. The Morgan fingerprint density at radius 3 is 2.48 bits per heavy atom. The second kappa shape index (κ2) is 7.75. The molecule has 8 heteroatoms. The summed E-state index contributed by atoms with van der Waals surface area (Å²) in [7, 11) is 0. The molecule has 0 fully saturated rings. The first-order valence-electron chi connectivity index (χ1n) is 8.40. The van der Waals surface area contributed by atoms with Crippen molar-refractivity contribution in [1.29, 1.82) is 0 Å². The lowest BCUT2D eigenvalue weighted by Crippen LogP contribution is -2.28. The second-order valence-electron chi connectivity index (χ2n) is 6.53. The number of halogens is 4. The molecule has 3 rings (SSSR count). The largest absolute Gasteiger partial charge is 0.446 e. The van der Waals surface area contributed by atoms with Crippen molar-refractivity contribution in [3.8, 4) is 0 Å². The monoisotopic (exact) mass is 458 g/mol. The molecule has 0 aliphatic carbocycles. The van der Waals surface area contributed by atoms with Crippen LogP contribution >= 0.6 is 27.7 Å². The molecule has 0 unspecified atom stereocenters. The van der Waals surface area contributed by atoms with Crippen LogP contribution in [0, 0.1) is 0 Å². The molecule has 0 aromatic heterocycles. The van der Waals surface area contributed by atoms with Gasteiger partial charge in [-0.15, -0.1) is 0 Å². The van der Waals surface area contributed by atoms with Gasteiger partial charge in [0, 0.05) is 33.2 Å². The van der Waals surface area contributed by atoms with Crippen LogP contribution in [0.3, 0.4) is 0 Å². The number of nitrogens with zero attached hydrogens (tertiary/aromatic N) is 1. The van der Waals surface area contributed by atoms with Crippen LogP contribution in [0.15, 0.2) is 45.8 Å². The first-order valence-corrected chi connectivity index (χ1v) is 10.0. The fourth-order valence-corrected chi connectivity index (χ4v) is 4.38. The van der Waals surface area contributed by atoms with Gasteiger partial charge in [0.15, 0.2) is 0 Å². The van der Waals surface area contributed by atoms with E-state index in [4.69, 9.17) is 0 Å². The predicted octanol–water partition coefficient (Wildman–Crippen LogP) is 6.08. The van der Waals surface area contributed by atoms with Crippen LogP contribution in [-0.4, -0.2) is 24.0 Å². The number of nitrogens with one attached hydrogen (secondary N) is 1. The maximum Gasteiger partial charge on any atom is 0.446 e. The number of carbonyl (C=O) groups excluding carboxylic acids is 1. The molecule has 1 aliphatic rings. The topological polar surface area (TPSA) is 32.3 Å². The van der Waals surface area contributed by atoms with Gasteiger partial charge in [0.2, 0.25) is 0 Å². The molecule has 0 radical (unpaired) electrons. The first-order chi connectivity index (χ1) is 12.6. The molecule has 0 spiro atoms. The summed E-state index contributed by atoms with van der Waals surface area (Å²) in [5.41, 5.74) is -1.13. The highest BCUT2D eigenvalue weighted by atomic mass is 79.9. The number of carbonyl (C=O) groups is 1. The Bertz CT molecular complexity index is 853. The minimum absolute atomic E-state index is 0.0783. The molecular formula is C19H18BrF3N2OS. The van der Waals surface area contributed by atoms with Gasteiger partial charge in [-0.05, 0) is 89.9 Å². The predicted molar refractivity (Wildman–Crippen MR) is 107 cm³/mol. The fraction of sp³-hybridized carbons (Fsp3) is 0.316. The molecule has 0 atom stereocenters. The van der Waals surface area contributed by atoms with E-state index in [1.807, 2.05) is 6.07 Å². The molecule has 1 N–H and O–H groups in total. The van der Waals surface area contributed by atoms with Crippen LogP contribution in [0.5, 0.6) is 0 Å². The van der Waals surface area contributed by atoms with Crippen LogP contribution in [-0.2, 0) is 6.42 Å². The van der Waals surface area contributed by atoms with Crippen molar-refractivity contribution in [3.05, 3.63) is 52.0 Å². The summed E-state index contributed by atoms with van der Waals surface area (Å²) in [6, 6.07) is 9.65. The minimum atomic E-state index is -4.33. The highest BCUT2D eigenvalue weighted by molar-refractivity contribution is 9.10. The summed E-state index contributed by atoms with van der Waals surface area (Å²) in [6.07, 6.45) is 0.872. The SMILES string of the molecule is CC(C)N1CCc2cc(C(=O)Nc3ccc(SC(F)(F)F)cc3)cc(Br)c21. The quantitative estimate of drug-likeness (QED) is 0.563. The van der Waals surface area contributed by atoms with E-state index in [1.165, 1.54) is 24.3 Å². The standard InChI is InChI=1S/C19H18BrF3N2OS/c1-11(2)25-8-7-12-9-13(10-16(20)17(12)25)18(26)24-14-3-5-15(6-4-14)27-19(21,22)23/h3-6,9-11H,7-8H2,1-2H3,(H,24,26). The lowest BCUT2D eigenvalue weighted by atomic mass is 10.1. The zero-order valence-corrected chi connectivity index (χ0v) is 17.1. The summed E-state index contributed by atoms with van der Waals surface area (Å²) < 4.78 is 38.0. The number of benzene rings is 2. The molecule has 2 aromatic rings. The third kappa shape index (κ3) is 4.79. The van der Waals surface area contributed by atoms with E-state index in [2.05, 4.69) is 40.0 Å². The highest BCUT2D eigenvalue weighted by Gasteiger charge is 2.29. The van der Waals surface area contributed by atoms with Crippen molar-refractivity contribution in [1.82, 2.24) is 0 Å². The molecule has 1 aliphatic heterocycles. The van der Waals surface area contributed by atoms with Gasteiger partial charge in [-0.3, -0.25) is 4.79 Å². The van der Waals surface area contributed by atoms with E-state index in [9.17, 15) is 18.0 Å². The Kier molecular flexibility index (Phi) is 5.76. The molecule has 3 nitrogen and oxygen atoms in total. The smallest absolute Gasteiger partial charge is 0.368 e. The maximum absolute atomic E-state index is 12.6. The molecule has 1 heterocycles. The summed E-state index contributed by atoms with van der Waals surface area (Å²) in [5.74, 6) is -0.294. The normalized spacial score (nSPS) is 13.8. The van der Waals surface area contributed by atoms with Crippen LogP contribution in [0.1, 0.15) is 29.8 Å². The lowest BCUT2D eigenvalue weighted by Gasteiger charge is -2.25. The molecular weight excluding hydrogens is 441 g/mol. The molecule has 0 bridgehead atoms. The van der Waals surface area contributed by atoms with Crippen molar-refractivity contribution in [2.45, 2.75) is 36.7 Å². The van der Waals surface area contributed by atoms with E-state index in [0.29, 0.717) is 17.3 Å². The lowest BCUT2D eigenvalue weighted by molar-refractivity contribution is -0.0328. The van der Waals surface area contributed by atoms with Gasteiger partial charge in [0.1, 0.15) is 0 Å². The molecule has 0 saturated carbocycles. The zero-order valence-electron chi connectivity index (χ0n) is 14.7. The summed E-state index contributed by atoms with van der Waals surface area (Å²) in [6.45, 7) is 5.17. The number of amides is 1. The first kappa shape index (κ1) is 20.1. The Morgan fingerprint density at radius 1 is 1.22 bits per heavy atom. The van der Waals surface area contributed by atoms with E-state index in [0.717, 1.165) is 28.7 Å². The summed E-state index contributed by atoms with van der Waals surface area (Å²) in [5, 5.41) is 2.74. The Morgan fingerprint density at radius 2 is 1.89 bits per heavy atom. The van der Waals surface area contributed by atoms with E-state index < -0.39 is 5.51 Å². The van der Waals surface area contributed by atoms with Gasteiger partial charge < -0.3 is 10.2 Å². The van der Waals surface area contributed by atoms with Crippen LogP contribution in [0.2, 0.25) is 0 Å². The van der Waals surface area contributed by atoms with Gasteiger partial charge >= 0.3 is 5.51 Å². The van der Waals surface area contributed by atoms with Crippen molar-refractivity contribution in [2.75, 3.05) is 16.8 Å². The highest BCUT2D eigenvalue weighted by Crippen LogP contribution is 2.38. The van der Waals surface area contributed by atoms with Gasteiger partial charge in [-0.2, -0.15) is 13.2 Å². The van der Waals surface area contributed by atoms with E-state index in [-0.39, 0.29) is 22.6 Å². The molecule has 144 valence electrons. The second-order valence-corrected chi connectivity index (χ2v) is 8.52. The van der Waals surface area contributed by atoms with E-state index >= 15 is 0 Å². The van der Waals surface area contributed by atoms with E-state index in [1.54, 1.807) is 6.07 Å². The van der Waals surface area contributed by atoms with Crippen molar-refractivity contribution >= 4 is 45.0 Å². The molecule has 27 heavy (non-hydrogen) atoms. The Labute approximate surface area is 168 Å². The van der Waals surface area contributed by atoms with Crippen LogP contribution < -0.4 is 10.2 Å². The number of thioether (sulfide) groups is 1. The molecule has 0 saturated heterocycles. The third-order valence-corrected chi connectivity index (χ3v) is 5.63. The zero-order chi connectivity index (χ0) is 19.8. The Balaban J connectivity index is 1.75. The van der Waals surface area contributed by atoms with Gasteiger partial charge in [0.05, 0.1) is 5.69 Å². The number of anilines is 2. The minimum Gasteiger partial charge on any atom is -0.368 e. The summed E-state index contributed by atoms with van der Waals surface area (Å²) >= 11 is 3.39. The number of hydrogen-bond donors (Lipinski definition) is 1. The number of fused-ring (bicyclic) bond motifs is 1. The van der Waals surface area contributed by atoms with Gasteiger partial charge in [-0.25, -0.2) is 0 Å². The average molecular weight is 459 g/mol. The number of hydrogen-bond acceptors (Lipinski definition) is 3. The fourth-order valence-electron chi connectivity index (χ4n) is 3.11. The van der Waals surface area contributed by atoms with Crippen molar-refractivity contribution in [3.63, 3.8) is 0 Å². The maximum atomic E-state index is 12.6. The Hall–Kier alpha value is -1.67.